The topological polar surface area (TPSA) is 87.0 Å². The van der Waals surface area contributed by atoms with E-state index in [2.05, 4.69) is 4.99 Å². The van der Waals surface area contributed by atoms with Crippen molar-refractivity contribution in [2.75, 3.05) is 0 Å². The summed E-state index contributed by atoms with van der Waals surface area (Å²) in [5, 5.41) is 16.2. The fraction of sp³-hybridized carbons (Fsp3) is 0.400. The number of hydrogen-bond acceptors (Lipinski definition) is 2. The molecule has 0 aliphatic carbocycles. The van der Waals surface area contributed by atoms with Crippen LogP contribution in [0.25, 0.3) is 0 Å². The van der Waals surface area contributed by atoms with Crippen LogP contribution >= 0.6 is 0 Å². The number of aliphatic imine (C=N–C) groups is 1. The molecule has 1 unspecified atom stereocenters. The van der Waals surface area contributed by atoms with E-state index < -0.39 is 18.0 Å². The number of amides is 1. The maximum Gasteiger partial charge on any atom is 0.430 e. The minimum absolute atomic E-state index is 0.851. The quantitative estimate of drug-likeness (QED) is 0.552. The number of aliphatic carboxylic acids is 1. The Labute approximate surface area is 57.0 Å². The van der Waals surface area contributed by atoms with Gasteiger partial charge in [0.1, 0.15) is 0 Å². The molecule has 0 aliphatic rings. The molecule has 5 heteroatoms. The zero-order valence-corrected chi connectivity index (χ0v) is 5.31. The van der Waals surface area contributed by atoms with Crippen LogP contribution in [-0.4, -0.2) is 28.5 Å². The molecule has 0 bridgehead atoms. The molecule has 0 saturated carbocycles. The van der Waals surface area contributed by atoms with E-state index in [1.807, 2.05) is 0 Å². The maximum absolute atomic E-state index is 10.0. The number of nitrogens with zero attached hydrogens (tertiary/aromatic N) is 1. The van der Waals surface area contributed by atoms with E-state index in [1.54, 1.807) is 0 Å². The van der Waals surface area contributed by atoms with E-state index in [1.165, 1.54) is 6.92 Å². The molecular formula is C5H7NO4. The lowest BCUT2D eigenvalue weighted by atomic mass is 10.2. The monoisotopic (exact) mass is 145 g/mol. The standard InChI is InChI=1S/C5H7NO4/c1-3(4(7)8)2-6-5(9)10/h2-3H,1H3,(H,7,8)(H,9,10). The summed E-state index contributed by atoms with van der Waals surface area (Å²) in [4.78, 5) is 22.6. The molecule has 56 valence electrons. The third kappa shape index (κ3) is 3.59. The largest absolute Gasteiger partial charge is 0.481 e. The van der Waals surface area contributed by atoms with Gasteiger partial charge in [0.25, 0.3) is 0 Å². The average molecular weight is 145 g/mol. The maximum atomic E-state index is 10.0. The number of rotatable bonds is 2. The van der Waals surface area contributed by atoms with Crippen molar-refractivity contribution >= 4 is 18.3 Å². The second-order valence-electron chi connectivity index (χ2n) is 1.69. The first-order valence-electron chi connectivity index (χ1n) is 2.54. The summed E-state index contributed by atoms with van der Waals surface area (Å²) in [6.07, 6.45) is -0.516. The number of carbonyl (C=O) groups is 2. The normalized spacial score (nSPS) is 13.3. The molecule has 0 spiro atoms. The molecule has 0 aromatic heterocycles. The summed E-state index contributed by atoms with van der Waals surface area (Å²) >= 11 is 0. The third-order valence-electron chi connectivity index (χ3n) is 0.798. The molecule has 0 rings (SSSR count). The lowest BCUT2D eigenvalue weighted by Gasteiger charge is -1.93. The summed E-state index contributed by atoms with van der Waals surface area (Å²) in [6, 6.07) is 0. The number of carboxylic acid groups (broad SMARTS) is 2. The first-order valence-corrected chi connectivity index (χ1v) is 2.54. The highest BCUT2D eigenvalue weighted by atomic mass is 16.4. The van der Waals surface area contributed by atoms with Gasteiger partial charge in [0.15, 0.2) is 0 Å². The summed E-state index contributed by atoms with van der Waals surface area (Å²) in [5.41, 5.74) is 0. The van der Waals surface area contributed by atoms with Crippen LogP contribution in [0.2, 0.25) is 0 Å². The van der Waals surface area contributed by atoms with Crippen molar-refractivity contribution in [2.24, 2.45) is 10.9 Å². The van der Waals surface area contributed by atoms with Gasteiger partial charge in [-0.15, -0.1) is 0 Å². The molecule has 0 heterocycles. The molecule has 0 aromatic carbocycles. The van der Waals surface area contributed by atoms with Crippen LogP contribution < -0.4 is 0 Å². The fourth-order valence-corrected chi connectivity index (χ4v) is 0.239. The Morgan fingerprint density at radius 1 is 1.50 bits per heavy atom. The lowest BCUT2D eigenvalue weighted by Crippen LogP contribution is -2.11. The smallest absolute Gasteiger partial charge is 0.430 e. The van der Waals surface area contributed by atoms with Crippen molar-refractivity contribution in [1.29, 1.82) is 0 Å². The molecular weight excluding hydrogens is 138 g/mol. The first kappa shape index (κ1) is 8.61. The van der Waals surface area contributed by atoms with Crippen LogP contribution in [0.3, 0.4) is 0 Å². The Hall–Kier alpha value is -1.39. The predicted octanol–water partition coefficient (Wildman–Crippen LogP) is 0.456. The predicted molar refractivity (Wildman–Crippen MR) is 33.3 cm³/mol. The van der Waals surface area contributed by atoms with Gasteiger partial charge in [0, 0.05) is 6.21 Å². The van der Waals surface area contributed by atoms with Gasteiger partial charge >= 0.3 is 12.1 Å². The van der Waals surface area contributed by atoms with E-state index in [0.29, 0.717) is 0 Å². The van der Waals surface area contributed by atoms with Gasteiger partial charge in [-0.1, -0.05) is 0 Å². The highest BCUT2D eigenvalue weighted by Gasteiger charge is 2.06. The van der Waals surface area contributed by atoms with Crippen molar-refractivity contribution < 1.29 is 19.8 Å². The number of carboxylic acids is 1. The number of hydrogen-bond donors (Lipinski definition) is 2. The van der Waals surface area contributed by atoms with Crippen molar-refractivity contribution in [3.8, 4) is 0 Å². The zero-order chi connectivity index (χ0) is 8.15. The van der Waals surface area contributed by atoms with Gasteiger partial charge in [-0.3, -0.25) is 4.79 Å². The van der Waals surface area contributed by atoms with Crippen molar-refractivity contribution in [2.45, 2.75) is 6.92 Å². The van der Waals surface area contributed by atoms with E-state index in [4.69, 9.17) is 10.2 Å². The van der Waals surface area contributed by atoms with Crippen LogP contribution in [0.5, 0.6) is 0 Å². The molecule has 1 amide bonds. The first-order chi connectivity index (χ1) is 4.54. The van der Waals surface area contributed by atoms with E-state index in [-0.39, 0.29) is 0 Å². The molecule has 0 aliphatic heterocycles. The highest BCUT2D eigenvalue weighted by molar-refractivity contribution is 5.91. The molecule has 0 fully saturated rings. The van der Waals surface area contributed by atoms with Gasteiger partial charge in [-0.25, -0.2) is 4.79 Å². The van der Waals surface area contributed by atoms with Crippen molar-refractivity contribution in [1.82, 2.24) is 0 Å². The van der Waals surface area contributed by atoms with Crippen molar-refractivity contribution in [3.05, 3.63) is 0 Å². The van der Waals surface area contributed by atoms with E-state index in [0.717, 1.165) is 6.21 Å². The zero-order valence-electron chi connectivity index (χ0n) is 5.31. The van der Waals surface area contributed by atoms with Crippen LogP contribution in [0.15, 0.2) is 4.99 Å². The molecule has 2 N–H and O–H groups in total. The summed E-state index contributed by atoms with van der Waals surface area (Å²) in [5.74, 6) is -1.94. The fourth-order valence-electron chi connectivity index (χ4n) is 0.239. The van der Waals surface area contributed by atoms with Gasteiger partial charge in [0.05, 0.1) is 5.92 Å². The molecule has 0 radical (unpaired) electrons. The highest BCUT2D eigenvalue weighted by Crippen LogP contribution is 1.88. The summed E-state index contributed by atoms with van der Waals surface area (Å²) in [7, 11) is 0. The lowest BCUT2D eigenvalue weighted by molar-refractivity contribution is -0.138. The Morgan fingerprint density at radius 3 is 2.30 bits per heavy atom. The summed E-state index contributed by atoms with van der Waals surface area (Å²) < 4.78 is 0. The molecule has 0 aromatic rings. The minimum Gasteiger partial charge on any atom is -0.481 e. The van der Waals surface area contributed by atoms with Gasteiger partial charge in [-0.05, 0) is 6.92 Å². The second kappa shape index (κ2) is 3.60. The third-order valence-corrected chi connectivity index (χ3v) is 0.798. The second-order valence-corrected chi connectivity index (χ2v) is 1.69. The molecule has 1 atom stereocenters. The Bertz CT molecular complexity index is 174. The Balaban J connectivity index is 3.89. The van der Waals surface area contributed by atoms with Gasteiger partial charge < -0.3 is 10.2 Å². The minimum atomic E-state index is -1.38. The van der Waals surface area contributed by atoms with Gasteiger partial charge in [0.2, 0.25) is 0 Å². The van der Waals surface area contributed by atoms with Crippen LogP contribution in [-0.2, 0) is 4.79 Å². The van der Waals surface area contributed by atoms with Crippen LogP contribution in [0.1, 0.15) is 6.92 Å². The van der Waals surface area contributed by atoms with Gasteiger partial charge in [-0.2, -0.15) is 4.99 Å². The van der Waals surface area contributed by atoms with Crippen LogP contribution in [0, 0.1) is 5.92 Å². The average Bonchev–Trinajstić information content (AvgIpc) is 1.82. The van der Waals surface area contributed by atoms with Crippen LogP contribution in [0.4, 0.5) is 4.79 Å². The van der Waals surface area contributed by atoms with E-state index in [9.17, 15) is 9.59 Å². The Kier molecular flexibility index (Phi) is 3.10. The summed E-state index contributed by atoms with van der Waals surface area (Å²) in [6.45, 7) is 1.34. The Morgan fingerprint density at radius 2 is 2.00 bits per heavy atom. The SMILES string of the molecule is CC(C=NC(=O)O)C(=O)O. The van der Waals surface area contributed by atoms with Crippen molar-refractivity contribution in [3.63, 3.8) is 0 Å². The molecule has 10 heavy (non-hydrogen) atoms. The molecule has 0 saturated heterocycles. The molecule has 5 nitrogen and oxygen atoms in total. The van der Waals surface area contributed by atoms with E-state index >= 15 is 0 Å².